The molecule has 26 heavy (non-hydrogen) atoms. The van der Waals surface area contributed by atoms with Crippen LogP contribution in [0, 0.1) is 0 Å². The Hall–Kier alpha value is -1.50. The van der Waals surface area contributed by atoms with Gasteiger partial charge in [-0.3, -0.25) is 0 Å². The van der Waals surface area contributed by atoms with Crippen molar-refractivity contribution in [1.82, 2.24) is 0 Å². The number of anilines is 2. The summed E-state index contributed by atoms with van der Waals surface area (Å²) in [6.45, 7) is -0.278. The fourth-order valence-electron chi connectivity index (χ4n) is 2.91. The number of hydrogen-bond donors (Lipinski definition) is 8. The maximum Gasteiger partial charge on any atom is 0.156 e. The van der Waals surface area contributed by atoms with Crippen LogP contribution in [0.1, 0.15) is 0 Å². The Morgan fingerprint density at radius 2 is 1.04 bits per heavy atom. The standard InChI is InChI=1S/C16H24N2O8/c19-9-5-25-15(13(23)11(9)21)17-7-3-1-2-4-8(7)18-16-14(24)12(22)10(20)6-26-16/h1-4,9-24H,5-6H2/t9-,10+,11-,12-,13-,14+,15+,16-/m0/s1. The van der Waals surface area contributed by atoms with E-state index < -0.39 is 49.1 Å². The van der Waals surface area contributed by atoms with E-state index in [1.165, 1.54) is 0 Å². The van der Waals surface area contributed by atoms with Crippen LogP contribution in [0.5, 0.6) is 0 Å². The Morgan fingerprint density at radius 1 is 0.654 bits per heavy atom. The highest BCUT2D eigenvalue weighted by atomic mass is 16.5. The lowest BCUT2D eigenvalue weighted by atomic mass is 10.0. The molecule has 3 rings (SSSR count). The second-order valence-corrected chi connectivity index (χ2v) is 6.44. The fraction of sp³-hybridized carbons (Fsp3) is 0.625. The van der Waals surface area contributed by atoms with E-state index in [4.69, 9.17) is 9.47 Å². The maximum atomic E-state index is 10.0. The summed E-state index contributed by atoms with van der Waals surface area (Å²) in [5.74, 6) is 0. The van der Waals surface area contributed by atoms with Crippen LogP contribution in [0.15, 0.2) is 24.3 Å². The van der Waals surface area contributed by atoms with Gasteiger partial charge in [0, 0.05) is 0 Å². The van der Waals surface area contributed by atoms with Crippen LogP contribution in [0.25, 0.3) is 0 Å². The molecule has 146 valence electrons. The van der Waals surface area contributed by atoms with E-state index in [1.807, 2.05) is 0 Å². The van der Waals surface area contributed by atoms with Crippen molar-refractivity contribution in [2.75, 3.05) is 23.8 Å². The lowest BCUT2D eigenvalue weighted by molar-refractivity contribution is -0.179. The monoisotopic (exact) mass is 372 g/mol. The number of hydrogen-bond acceptors (Lipinski definition) is 10. The van der Waals surface area contributed by atoms with Crippen LogP contribution in [-0.4, -0.2) is 92.9 Å². The zero-order valence-electron chi connectivity index (χ0n) is 13.8. The lowest BCUT2D eigenvalue weighted by Crippen LogP contribution is -2.56. The van der Waals surface area contributed by atoms with Crippen molar-refractivity contribution in [1.29, 1.82) is 0 Å². The highest BCUT2D eigenvalue weighted by molar-refractivity contribution is 5.69. The molecule has 0 spiro atoms. The number of rotatable bonds is 4. The molecule has 10 nitrogen and oxygen atoms in total. The third-order valence-corrected chi connectivity index (χ3v) is 4.52. The number of para-hydroxylation sites is 2. The molecular formula is C16H24N2O8. The SMILES string of the molecule is O[C@@H]1[C@@H](O)[C@@H](Nc2ccccc2N[C@@H]2OC[C@H](O)[C@H](O)[C@@H]2O)OC[C@H]1O. The molecule has 2 fully saturated rings. The predicted molar refractivity (Wildman–Crippen MR) is 89.2 cm³/mol. The number of aliphatic hydroxyl groups is 6. The molecule has 1 aromatic carbocycles. The van der Waals surface area contributed by atoms with Crippen molar-refractivity contribution in [2.24, 2.45) is 0 Å². The summed E-state index contributed by atoms with van der Waals surface area (Å²) in [6, 6.07) is 6.81. The summed E-state index contributed by atoms with van der Waals surface area (Å²) < 4.78 is 10.6. The van der Waals surface area contributed by atoms with Gasteiger partial charge in [-0.2, -0.15) is 0 Å². The average molecular weight is 372 g/mol. The van der Waals surface area contributed by atoms with Gasteiger partial charge in [0.05, 0.1) is 24.6 Å². The van der Waals surface area contributed by atoms with E-state index >= 15 is 0 Å². The van der Waals surface area contributed by atoms with Gasteiger partial charge in [0.1, 0.15) is 36.6 Å². The quantitative estimate of drug-likeness (QED) is 0.281. The third kappa shape index (κ3) is 3.92. The molecule has 0 saturated carbocycles. The summed E-state index contributed by atoms with van der Waals surface area (Å²) in [7, 11) is 0. The van der Waals surface area contributed by atoms with Crippen LogP contribution in [0.3, 0.4) is 0 Å². The topological polar surface area (TPSA) is 164 Å². The molecule has 2 aliphatic rings. The molecule has 0 amide bonds. The number of aliphatic hydroxyl groups excluding tert-OH is 6. The first-order valence-corrected chi connectivity index (χ1v) is 8.32. The first-order valence-electron chi connectivity index (χ1n) is 8.32. The summed E-state index contributed by atoms with van der Waals surface area (Å²) in [4.78, 5) is 0. The van der Waals surface area contributed by atoms with Crippen LogP contribution in [-0.2, 0) is 9.47 Å². The Balaban J connectivity index is 1.71. The zero-order chi connectivity index (χ0) is 18.8. The third-order valence-electron chi connectivity index (χ3n) is 4.52. The molecule has 0 aliphatic carbocycles. The van der Waals surface area contributed by atoms with Gasteiger partial charge in [-0.25, -0.2) is 0 Å². The van der Waals surface area contributed by atoms with E-state index in [-0.39, 0.29) is 13.2 Å². The Morgan fingerprint density at radius 3 is 1.42 bits per heavy atom. The van der Waals surface area contributed by atoms with Crippen molar-refractivity contribution in [3.05, 3.63) is 24.3 Å². The first-order chi connectivity index (χ1) is 12.4. The second kappa shape index (κ2) is 8.03. The van der Waals surface area contributed by atoms with E-state index in [9.17, 15) is 30.6 Å². The minimum Gasteiger partial charge on any atom is -0.388 e. The Labute approximate surface area is 149 Å². The van der Waals surface area contributed by atoms with Crippen LogP contribution < -0.4 is 10.6 Å². The molecule has 0 aromatic heterocycles. The van der Waals surface area contributed by atoms with Crippen LogP contribution >= 0.6 is 0 Å². The minimum atomic E-state index is -1.35. The normalized spacial score (nSPS) is 40.8. The van der Waals surface area contributed by atoms with E-state index in [0.29, 0.717) is 11.4 Å². The Bertz CT molecular complexity index is 554. The fourth-order valence-corrected chi connectivity index (χ4v) is 2.91. The van der Waals surface area contributed by atoms with Crippen molar-refractivity contribution in [3.63, 3.8) is 0 Å². The zero-order valence-corrected chi connectivity index (χ0v) is 13.8. The summed E-state index contributed by atoms with van der Waals surface area (Å²) in [5, 5.41) is 64.5. The van der Waals surface area contributed by atoms with Gasteiger partial charge in [-0.1, -0.05) is 12.1 Å². The van der Waals surface area contributed by atoms with Crippen molar-refractivity contribution < 1.29 is 40.1 Å². The van der Waals surface area contributed by atoms with E-state index in [0.717, 1.165) is 0 Å². The van der Waals surface area contributed by atoms with Crippen LogP contribution in [0.2, 0.25) is 0 Å². The second-order valence-electron chi connectivity index (χ2n) is 6.44. The van der Waals surface area contributed by atoms with Crippen molar-refractivity contribution >= 4 is 11.4 Å². The van der Waals surface area contributed by atoms with Gasteiger partial charge in [0.25, 0.3) is 0 Å². The summed E-state index contributed by atoms with van der Waals surface area (Å²) in [5.41, 5.74) is 0.966. The number of benzene rings is 1. The highest BCUT2D eigenvalue weighted by Crippen LogP contribution is 2.27. The van der Waals surface area contributed by atoms with Crippen molar-refractivity contribution in [2.45, 2.75) is 49.1 Å². The van der Waals surface area contributed by atoms with Gasteiger partial charge in [-0.15, -0.1) is 0 Å². The van der Waals surface area contributed by atoms with E-state index in [1.54, 1.807) is 24.3 Å². The molecule has 8 atom stereocenters. The van der Waals surface area contributed by atoms with Gasteiger partial charge in [-0.05, 0) is 12.1 Å². The first kappa shape index (κ1) is 19.3. The van der Waals surface area contributed by atoms with E-state index in [2.05, 4.69) is 10.6 Å². The number of ether oxygens (including phenoxy) is 2. The largest absolute Gasteiger partial charge is 0.388 e. The summed E-state index contributed by atoms with van der Waals surface area (Å²) >= 11 is 0. The maximum absolute atomic E-state index is 10.0. The summed E-state index contributed by atoms with van der Waals surface area (Å²) in [6.07, 6.45) is -9.64. The van der Waals surface area contributed by atoms with Gasteiger partial charge >= 0.3 is 0 Å². The van der Waals surface area contributed by atoms with Crippen LogP contribution in [0.4, 0.5) is 11.4 Å². The Kier molecular flexibility index (Phi) is 5.95. The lowest BCUT2D eigenvalue weighted by Gasteiger charge is -2.38. The van der Waals surface area contributed by atoms with Crippen molar-refractivity contribution in [3.8, 4) is 0 Å². The highest BCUT2D eigenvalue weighted by Gasteiger charge is 2.39. The van der Waals surface area contributed by atoms with Gasteiger partial charge in [0.15, 0.2) is 12.5 Å². The predicted octanol–water partition coefficient (Wildman–Crippen LogP) is -2.61. The average Bonchev–Trinajstić information content (AvgIpc) is 2.64. The molecule has 2 heterocycles. The number of nitrogens with one attached hydrogen (secondary N) is 2. The molecule has 0 unspecified atom stereocenters. The molecule has 0 bridgehead atoms. The molecule has 8 N–H and O–H groups in total. The molecular weight excluding hydrogens is 348 g/mol. The molecule has 0 radical (unpaired) electrons. The molecule has 2 saturated heterocycles. The molecule has 2 aliphatic heterocycles. The molecule has 10 heteroatoms. The van der Waals surface area contributed by atoms with Gasteiger partial charge in [0.2, 0.25) is 0 Å². The van der Waals surface area contributed by atoms with Gasteiger partial charge < -0.3 is 50.7 Å². The minimum absolute atomic E-state index is 0.139. The smallest absolute Gasteiger partial charge is 0.156 e. The molecule has 1 aromatic rings.